The topological polar surface area (TPSA) is 25.6 Å². The second-order valence-corrected chi connectivity index (χ2v) is 5.99. The van der Waals surface area contributed by atoms with Crippen molar-refractivity contribution < 1.29 is 9.15 Å². The molecule has 3 nitrogen and oxygen atoms in total. The summed E-state index contributed by atoms with van der Waals surface area (Å²) in [6.07, 6.45) is 6.35. The van der Waals surface area contributed by atoms with Crippen LogP contribution in [0.15, 0.2) is 22.6 Å². The first kappa shape index (κ1) is 12.3. The maximum absolute atomic E-state index is 6.09. The number of ether oxygens (including phenoxy) is 1. The van der Waals surface area contributed by atoms with Crippen LogP contribution in [-0.2, 0) is 12.8 Å². The number of nitrogens with zero attached hydrogens (tertiary/aromatic N) is 1. The van der Waals surface area contributed by atoms with Crippen LogP contribution in [0, 0.1) is 0 Å². The van der Waals surface area contributed by atoms with E-state index in [4.69, 9.17) is 9.15 Å². The number of methoxy groups -OCH3 is 1. The average Bonchev–Trinajstić information content (AvgIpc) is 2.64. The first-order valence-electron chi connectivity index (χ1n) is 7.67. The molecule has 1 aliphatic heterocycles. The van der Waals surface area contributed by atoms with Crippen molar-refractivity contribution in [2.24, 2.45) is 0 Å². The summed E-state index contributed by atoms with van der Waals surface area (Å²) < 4.78 is 11.4. The maximum atomic E-state index is 6.09. The molecule has 1 saturated carbocycles. The Morgan fingerprint density at radius 2 is 2.05 bits per heavy atom. The minimum atomic E-state index is 0.838. The van der Waals surface area contributed by atoms with Gasteiger partial charge in [0.2, 0.25) is 0 Å². The van der Waals surface area contributed by atoms with Gasteiger partial charge < -0.3 is 9.15 Å². The van der Waals surface area contributed by atoms with E-state index in [-0.39, 0.29) is 0 Å². The second-order valence-electron chi connectivity index (χ2n) is 5.99. The molecule has 106 valence electrons. The molecule has 1 fully saturated rings. The highest BCUT2D eigenvalue weighted by atomic mass is 16.5. The average molecular weight is 271 g/mol. The lowest BCUT2D eigenvalue weighted by atomic mass is 9.91. The van der Waals surface area contributed by atoms with Crippen LogP contribution >= 0.6 is 0 Å². The van der Waals surface area contributed by atoms with Crippen molar-refractivity contribution in [1.29, 1.82) is 0 Å². The van der Waals surface area contributed by atoms with E-state index in [2.05, 4.69) is 11.0 Å². The van der Waals surface area contributed by atoms with Crippen LogP contribution in [0.2, 0.25) is 0 Å². The fraction of sp³-hybridized carbons (Fsp3) is 0.529. The van der Waals surface area contributed by atoms with Crippen LogP contribution in [0.5, 0.6) is 5.75 Å². The normalized spacial score (nSPS) is 20.4. The van der Waals surface area contributed by atoms with Gasteiger partial charge >= 0.3 is 0 Å². The molecular formula is C17H21NO2. The van der Waals surface area contributed by atoms with Gasteiger partial charge in [0.15, 0.2) is 0 Å². The molecule has 2 heterocycles. The van der Waals surface area contributed by atoms with Gasteiger partial charge in [-0.2, -0.15) is 0 Å². The lowest BCUT2D eigenvalue weighted by Gasteiger charge is -2.36. The van der Waals surface area contributed by atoms with Crippen molar-refractivity contribution in [2.75, 3.05) is 20.2 Å². The number of hydrogen-bond donors (Lipinski definition) is 0. The summed E-state index contributed by atoms with van der Waals surface area (Å²) >= 11 is 0. The number of rotatable bonds is 2. The van der Waals surface area contributed by atoms with Gasteiger partial charge in [-0.15, -0.1) is 0 Å². The monoisotopic (exact) mass is 271 g/mol. The molecule has 1 aromatic carbocycles. The Bertz CT molecular complexity index is 627. The molecule has 1 aliphatic carbocycles. The minimum Gasteiger partial charge on any atom is -0.497 e. The van der Waals surface area contributed by atoms with Crippen LogP contribution in [0.4, 0.5) is 0 Å². The lowest BCUT2D eigenvalue weighted by molar-refractivity contribution is 0.132. The summed E-state index contributed by atoms with van der Waals surface area (Å²) in [6, 6.07) is 7.03. The van der Waals surface area contributed by atoms with Gasteiger partial charge in [-0.3, -0.25) is 4.90 Å². The third-order valence-corrected chi connectivity index (χ3v) is 4.95. The number of hydrogen-bond acceptors (Lipinski definition) is 3. The summed E-state index contributed by atoms with van der Waals surface area (Å²) in [5, 5.41) is 1.27. The van der Waals surface area contributed by atoms with Crippen molar-refractivity contribution in [2.45, 2.75) is 38.1 Å². The van der Waals surface area contributed by atoms with Gasteiger partial charge in [0.25, 0.3) is 0 Å². The molecule has 2 aromatic rings. The van der Waals surface area contributed by atoms with Gasteiger partial charge in [0.05, 0.1) is 7.11 Å². The zero-order chi connectivity index (χ0) is 13.5. The molecule has 0 unspecified atom stereocenters. The molecule has 3 heteroatoms. The Morgan fingerprint density at radius 1 is 1.20 bits per heavy atom. The summed E-state index contributed by atoms with van der Waals surface area (Å²) in [7, 11) is 1.70. The molecule has 0 radical (unpaired) electrons. The first-order chi connectivity index (χ1) is 9.85. The van der Waals surface area contributed by atoms with Crippen molar-refractivity contribution in [3.63, 3.8) is 0 Å². The highest BCUT2D eigenvalue weighted by Crippen LogP contribution is 2.33. The van der Waals surface area contributed by atoms with Crippen molar-refractivity contribution in [3.05, 3.63) is 29.5 Å². The first-order valence-corrected chi connectivity index (χ1v) is 7.67. The summed E-state index contributed by atoms with van der Waals surface area (Å²) in [5.41, 5.74) is 2.40. The van der Waals surface area contributed by atoms with Crippen molar-refractivity contribution >= 4 is 11.0 Å². The van der Waals surface area contributed by atoms with Gasteiger partial charge in [0.1, 0.15) is 17.1 Å². The van der Waals surface area contributed by atoms with E-state index in [9.17, 15) is 0 Å². The molecule has 1 aromatic heterocycles. The zero-order valence-electron chi connectivity index (χ0n) is 12.0. The quantitative estimate of drug-likeness (QED) is 0.837. The van der Waals surface area contributed by atoms with Crippen molar-refractivity contribution in [3.8, 4) is 5.75 Å². The van der Waals surface area contributed by atoms with E-state index in [1.807, 2.05) is 12.1 Å². The van der Waals surface area contributed by atoms with Crippen LogP contribution in [0.25, 0.3) is 11.0 Å². The van der Waals surface area contributed by atoms with E-state index in [0.717, 1.165) is 36.8 Å². The molecule has 0 amide bonds. The maximum Gasteiger partial charge on any atom is 0.138 e. The molecule has 20 heavy (non-hydrogen) atoms. The number of fused-ring (bicyclic) bond motifs is 3. The SMILES string of the molecule is COc1ccc2c3c(oc2c1)CCN(C1CCC1)CC3. The summed E-state index contributed by atoms with van der Waals surface area (Å²) in [4.78, 5) is 2.66. The molecule has 0 saturated heterocycles. The molecule has 0 spiro atoms. The van der Waals surface area contributed by atoms with E-state index >= 15 is 0 Å². The van der Waals surface area contributed by atoms with E-state index in [0.29, 0.717) is 0 Å². The number of furan rings is 1. The third-order valence-electron chi connectivity index (χ3n) is 4.95. The van der Waals surface area contributed by atoms with Gasteiger partial charge in [-0.1, -0.05) is 6.42 Å². The molecule has 0 atom stereocenters. The second kappa shape index (κ2) is 4.81. The van der Waals surface area contributed by atoms with E-state index < -0.39 is 0 Å². The van der Waals surface area contributed by atoms with Gasteiger partial charge in [0, 0.05) is 42.6 Å². The smallest absolute Gasteiger partial charge is 0.138 e. The minimum absolute atomic E-state index is 0.838. The predicted molar refractivity (Wildman–Crippen MR) is 79.4 cm³/mol. The predicted octanol–water partition coefficient (Wildman–Crippen LogP) is 3.39. The van der Waals surface area contributed by atoms with E-state index in [1.165, 1.54) is 42.5 Å². The summed E-state index contributed by atoms with van der Waals surface area (Å²) in [6.45, 7) is 2.33. The zero-order valence-corrected chi connectivity index (χ0v) is 12.0. The Labute approximate surface area is 119 Å². The highest BCUT2D eigenvalue weighted by molar-refractivity contribution is 5.83. The molecule has 0 bridgehead atoms. The molecular weight excluding hydrogens is 250 g/mol. The number of benzene rings is 1. The Morgan fingerprint density at radius 3 is 2.80 bits per heavy atom. The Kier molecular flexibility index (Phi) is 2.95. The lowest BCUT2D eigenvalue weighted by Crippen LogP contribution is -2.41. The molecule has 2 aliphatic rings. The third kappa shape index (κ3) is 1.92. The fourth-order valence-corrected chi connectivity index (χ4v) is 3.51. The summed E-state index contributed by atoms with van der Waals surface area (Å²) in [5.74, 6) is 2.06. The van der Waals surface area contributed by atoms with Gasteiger partial charge in [-0.05, 0) is 31.4 Å². The largest absolute Gasteiger partial charge is 0.497 e. The van der Waals surface area contributed by atoms with Gasteiger partial charge in [-0.25, -0.2) is 0 Å². The molecule has 0 N–H and O–H groups in total. The standard InChI is InChI=1S/C17H21NO2/c1-19-13-5-6-14-15-7-9-18(12-3-2-4-12)10-8-16(15)20-17(14)11-13/h5-6,11-12H,2-4,7-10H2,1H3. The Hall–Kier alpha value is -1.48. The van der Waals surface area contributed by atoms with E-state index in [1.54, 1.807) is 7.11 Å². The van der Waals surface area contributed by atoms with Crippen LogP contribution in [0.1, 0.15) is 30.6 Å². The fourth-order valence-electron chi connectivity index (χ4n) is 3.51. The Balaban J connectivity index is 1.64. The molecule has 4 rings (SSSR count). The van der Waals surface area contributed by atoms with Crippen LogP contribution in [0.3, 0.4) is 0 Å². The van der Waals surface area contributed by atoms with Crippen LogP contribution in [-0.4, -0.2) is 31.1 Å². The van der Waals surface area contributed by atoms with Crippen molar-refractivity contribution in [1.82, 2.24) is 4.90 Å². The van der Waals surface area contributed by atoms with Crippen LogP contribution < -0.4 is 4.74 Å². The highest BCUT2D eigenvalue weighted by Gasteiger charge is 2.28.